The Morgan fingerprint density at radius 2 is 1.97 bits per heavy atom. The summed E-state index contributed by atoms with van der Waals surface area (Å²) in [7, 11) is -3.28. The van der Waals surface area contributed by atoms with Gasteiger partial charge in [-0.15, -0.1) is 0 Å². The fraction of sp³-hybridized carbons (Fsp3) is 0.480. The number of hydrogen-bond acceptors (Lipinski definition) is 6. The van der Waals surface area contributed by atoms with Gasteiger partial charge in [-0.2, -0.15) is 4.31 Å². The zero-order valence-corrected chi connectivity index (χ0v) is 21.6. The molecule has 198 valence electrons. The van der Waals surface area contributed by atoms with E-state index in [-0.39, 0.29) is 17.6 Å². The molecule has 3 atom stereocenters. The lowest BCUT2D eigenvalue weighted by atomic mass is 9.87. The number of benzene rings is 1. The number of nitrogens with one attached hydrogen (secondary N) is 1. The van der Waals surface area contributed by atoms with Crippen LogP contribution in [0.1, 0.15) is 43.9 Å². The normalized spacial score (nSPS) is 26.1. The van der Waals surface area contributed by atoms with Gasteiger partial charge in [-0.1, -0.05) is 30.4 Å². The molecule has 4 aliphatic rings. The summed E-state index contributed by atoms with van der Waals surface area (Å²) >= 11 is 0. The van der Waals surface area contributed by atoms with Gasteiger partial charge in [-0.3, -0.25) is 9.98 Å². The Labute approximate surface area is 214 Å². The van der Waals surface area contributed by atoms with Crippen molar-refractivity contribution < 1.29 is 21.6 Å². The average Bonchev–Trinajstić information content (AvgIpc) is 3.33. The van der Waals surface area contributed by atoms with Crippen molar-refractivity contribution in [2.24, 2.45) is 20.9 Å². The molecule has 0 fully saturated rings. The van der Waals surface area contributed by atoms with Gasteiger partial charge in [0.2, 0.25) is 10.0 Å². The maximum atomic E-state index is 14.9. The van der Waals surface area contributed by atoms with Crippen LogP contribution in [-0.2, 0) is 10.0 Å². The predicted molar refractivity (Wildman–Crippen MR) is 137 cm³/mol. The molecule has 0 aromatic heterocycles. The molecule has 37 heavy (non-hydrogen) atoms. The predicted octanol–water partition coefficient (Wildman–Crippen LogP) is 3.43. The van der Waals surface area contributed by atoms with E-state index in [4.69, 9.17) is 15.0 Å². The first kappa shape index (κ1) is 25.7. The maximum absolute atomic E-state index is 14.9. The summed E-state index contributed by atoms with van der Waals surface area (Å²) in [6.45, 7) is 5.48. The van der Waals surface area contributed by atoms with Gasteiger partial charge >= 0.3 is 0 Å². The van der Waals surface area contributed by atoms with Crippen molar-refractivity contribution in [1.29, 1.82) is 0 Å². The molecule has 0 saturated carbocycles. The van der Waals surface area contributed by atoms with Crippen LogP contribution in [0.4, 0.5) is 13.2 Å². The summed E-state index contributed by atoms with van der Waals surface area (Å²) < 4.78 is 66.7. The number of halogens is 3. The first-order valence-corrected chi connectivity index (χ1v) is 14.0. The molecule has 1 N–H and O–H groups in total. The molecule has 1 aromatic carbocycles. The molecule has 12 heteroatoms. The number of amidine groups is 3. The third kappa shape index (κ3) is 4.84. The van der Waals surface area contributed by atoms with Gasteiger partial charge in [0, 0.05) is 30.8 Å². The molecule has 0 aliphatic carbocycles. The second-order valence-corrected chi connectivity index (χ2v) is 11.6. The van der Waals surface area contributed by atoms with Gasteiger partial charge in [0.05, 0.1) is 30.3 Å². The van der Waals surface area contributed by atoms with Crippen molar-refractivity contribution in [3.05, 3.63) is 58.4 Å². The third-order valence-electron chi connectivity index (χ3n) is 7.12. The van der Waals surface area contributed by atoms with E-state index >= 15 is 0 Å². The third-order valence-corrected chi connectivity index (χ3v) is 8.39. The van der Waals surface area contributed by atoms with E-state index in [2.05, 4.69) is 10.2 Å². The Hall–Kier alpha value is -2.99. The highest BCUT2D eigenvalue weighted by atomic mass is 32.2. The van der Waals surface area contributed by atoms with Crippen LogP contribution in [-0.4, -0.2) is 73.7 Å². The Morgan fingerprint density at radius 3 is 2.65 bits per heavy atom. The average molecular weight is 535 g/mol. The molecule has 8 nitrogen and oxygen atoms in total. The minimum Gasteiger partial charge on any atom is -0.332 e. The molecule has 4 aliphatic heterocycles. The standard InChI is InChI=1S/C25H29F3N6O2S/c1-14(17-5-4-6-18(21(17)26)22(27)28)30-23-20-13-19(16-7-10-33(11-8-16)37(3,35)36)24-29-9-12-34(24)25(20)32-15(2)31-23/h4-7,13-14,20,22,25H,8-12H2,1-3H3,(H,30,31,32)/t14-,20?,25?/m1/s1. The van der Waals surface area contributed by atoms with E-state index in [1.807, 2.05) is 19.1 Å². The van der Waals surface area contributed by atoms with E-state index in [0.29, 0.717) is 44.3 Å². The highest BCUT2D eigenvalue weighted by Gasteiger charge is 2.42. The Bertz CT molecular complexity index is 1370. The van der Waals surface area contributed by atoms with E-state index in [0.717, 1.165) is 23.0 Å². The number of alkyl halides is 2. The molecule has 2 unspecified atom stereocenters. The molecule has 0 bridgehead atoms. The lowest BCUT2D eigenvalue weighted by Gasteiger charge is -2.41. The largest absolute Gasteiger partial charge is 0.332 e. The summed E-state index contributed by atoms with van der Waals surface area (Å²) in [5.74, 6) is 0.821. The van der Waals surface area contributed by atoms with Gasteiger partial charge in [0.15, 0.2) is 0 Å². The number of rotatable bonds is 5. The van der Waals surface area contributed by atoms with Gasteiger partial charge in [0.25, 0.3) is 6.43 Å². The van der Waals surface area contributed by atoms with Gasteiger partial charge in [-0.05, 0) is 25.8 Å². The number of hydrogen-bond donors (Lipinski definition) is 1. The lowest BCUT2D eigenvalue weighted by molar-refractivity contribution is 0.146. The van der Waals surface area contributed by atoms with Crippen LogP contribution in [0, 0.1) is 11.7 Å². The number of fused-ring (bicyclic) bond motifs is 3. The first-order valence-electron chi connectivity index (χ1n) is 12.2. The fourth-order valence-corrected chi connectivity index (χ4v) is 6.03. The van der Waals surface area contributed by atoms with Crippen LogP contribution >= 0.6 is 0 Å². The van der Waals surface area contributed by atoms with Crippen molar-refractivity contribution in [3.63, 3.8) is 0 Å². The maximum Gasteiger partial charge on any atom is 0.266 e. The molecule has 1 aromatic rings. The van der Waals surface area contributed by atoms with E-state index in [9.17, 15) is 21.6 Å². The lowest BCUT2D eigenvalue weighted by Crippen LogP contribution is -2.55. The summed E-state index contributed by atoms with van der Waals surface area (Å²) in [6, 6.07) is 3.27. The summed E-state index contributed by atoms with van der Waals surface area (Å²) in [5, 5.41) is 3.21. The molecule has 0 spiro atoms. The highest BCUT2D eigenvalue weighted by Crippen LogP contribution is 2.36. The number of nitrogens with zero attached hydrogens (tertiary/aromatic N) is 5. The first-order chi connectivity index (χ1) is 17.5. The fourth-order valence-electron chi connectivity index (χ4n) is 5.26. The van der Waals surface area contributed by atoms with Crippen LogP contribution < -0.4 is 5.32 Å². The topological polar surface area (TPSA) is 89.7 Å². The van der Waals surface area contributed by atoms with Crippen LogP contribution in [0.5, 0.6) is 0 Å². The Balaban J connectivity index is 1.52. The van der Waals surface area contributed by atoms with Crippen molar-refractivity contribution in [1.82, 2.24) is 14.5 Å². The molecule has 0 amide bonds. The second kappa shape index (κ2) is 9.71. The quantitative estimate of drug-likeness (QED) is 0.627. The van der Waals surface area contributed by atoms with Crippen molar-refractivity contribution in [3.8, 4) is 0 Å². The molecule has 5 rings (SSSR count). The van der Waals surface area contributed by atoms with Gasteiger partial charge in [0.1, 0.15) is 29.5 Å². The molecule has 4 heterocycles. The van der Waals surface area contributed by atoms with E-state index in [1.165, 1.54) is 22.7 Å². The molecular weight excluding hydrogens is 505 g/mol. The van der Waals surface area contributed by atoms with Gasteiger partial charge < -0.3 is 10.2 Å². The van der Waals surface area contributed by atoms with Crippen LogP contribution in [0.25, 0.3) is 0 Å². The van der Waals surface area contributed by atoms with Crippen molar-refractivity contribution in [2.45, 2.75) is 38.9 Å². The van der Waals surface area contributed by atoms with Crippen LogP contribution in [0.3, 0.4) is 0 Å². The number of sulfonamides is 1. The second-order valence-electron chi connectivity index (χ2n) is 9.60. The molecule has 0 radical (unpaired) electrons. The minimum absolute atomic E-state index is 0.100. The SMILES string of the molecule is CC1=NC2C(C=C(C3=CCN(S(C)(=O)=O)CC3)C3=NCCN32)C(=N[C@H](C)c2cccc(C(F)F)c2F)N1. The van der Waals surface area contributed by atoms with Crippen molar-refractivity contribution in [2.75, 3.05) is 32.4 Å². The Kier molecular flexibility index (Phi) is 6.73. The van der Waals surface area contributed by atoms with Crippen LogP contribution in [0.15, 0.2) is 56.5 Å². The molecular formula is C25H29F3N6O2S. The summed E-state index contributed by atoms with van der Waals surface area (Å²) in [6.07, 6.45) is 2.53. The van der Waals surface area contributed by atoms with Crippen molar-refractivity contribution >= 4 is 27.5 Å². The monoisotopic (exact) mass is 534 g/mol. The summed E-state index contributed by atoms with van der Waals surface area (Å²) in [4.78, 5) is 16.4. The smallest absolute Gasteiger partial charge is 0.266 e. The Morgan fingerprint density at radius 1 is 1.22 bits per heavy atom. The number of aliphatic imine (C=N–C) groups is 3. The van der Waals surface area contributed by atoms with E-state index < -0.39 is 33.9 Å². The zero-order chi connectivity index (χ0) is 26.5. The summed E-state index contributed by atoms with van der Waals surface area (Å²) in [5.41, 5.74) is 1.40. The van der Waals surface area contributed by atoms with Crippen LogP contribution in [0.2, 0.25) is 0 Å². The zero-order valence-electron chi connectivity index (χ0n) is 20.8. The minimum atomic E-state index is -3.28. The highest BCUT2D eigenvalue weighted by molar-refractivity contribution is 7.88. The van der Waals surface area contributed by atoms with Gasteiger partial charge in [-0.25, -0.2) is 26.6 Å². The van der Waals surface area contributed by atoms with E-state index in [1.54, 1.807) is 6.92 Å². The molecule has 0 saturated heterocycles.